The summed E-state index contributed by atoms with van der Waals surface area (Å²) in [5.41, 5.74) is -0.0299. The Labute approximate surface area is 129 Å². The van der Waals surface area contributed by atoms with E-state index >= 15 is 0 Å². The van der Waals surface area contributed by atoms with Crippen molar-refractivity contribution in [3.63, 3.8) is 0 Å². The summed E-state index contributed by atoms with van der Waals surface area (Å²) in [7, 11) is 0. The summed E-state index contributed by atoms with van der Waals surface area (Å²) in [5.74, 6) is 1.55. The Morgan fingerprint density at radius 2 is 1.71 bits per heavy atom. The van der Waals surface area contributed by atoms with Gasteiger partial charge in [0.1, 0.15) is 0 Å². The lowest BCUT2D eigenvalue weighted by atomic mass is 9.98. The number of hydrogen-bond acceptors (Lipinski definition) is 4. The van der Waals surface area contributed by atoms with E-state index in [0.717, 1.165) is 12.2 Å². The molecule has 0 N–H and O–H groups in total. The third-order valence-electron chi connectivity index (χ3n) is 4.86. The number of tetrazole rings is 1. The third kappa shape index (κ3) is 3.62. The van der Waals surface area contributed by atoms with Gasteiger partial charge < -0.3 is 0 Å². The molecule has 1 aliphatic heterocycles. The number of rotatable bonds is 5. The minimum Gasteiger partial charge on any atom is -0.293 e. The molecule has 5 nitrogen and oxygen atoms in total. The van der Waals surface area contributed by atoms with Gasteiger partial charge in [0.05, 0.1) is 11.6 Å². The molecule has 0 amide bonds. The van der Waals surface area contributed by atoms with E-state index in [1.54, 1.807) is 0 Å². The Balaban J connectivity index is 2.32. The van der Waals surface area contributed by atoms with Crippen molar-refractivity contribution in [2.75, 3.05) is 13.1 Å². The van der Waals surface area contributed by atoms with E-state index in [1.165, 1.54) is 38.8 Å². The Hall–Kier alpha value is -0.970. The molecule has 1 fully saturated rings. The van der Waals surface area contributed by atoms with Crippen LogP contribution in [0.15, 0.2) is 0 Å². The molecule has 0 aromatic carbocycles. The molecule has 5 heteroatoms. The van der Waals surface area contributed by atoms with Crippen LogP contribution in [0.2, 0.25) is 0 Å². The van der Waals surface area contributed by atoms with Crippen LogP contribution in [-0.2, 0) is 5.54 Å². The zero-order valence-electron chi connectivity index (χ0n) is 14.3. The molecule has 1 aromatic heterocycles. The minimum atomic E-state index is -0.0299. The summed E-state index contributed by atoms with van der Waals surface area (Å²) in [6.45, 7) is 13.5. The van der Waals surface area contributed by atoms with Gasteiger partial charge in [0.25, 0.3) is 0 Å². The fourth-order valence-electron chi connectivity index (χ4n) is 3.22. The van der Waals surface area contributed by atoms with Gasteiger partial charge in [-0.3, -0.25) is 4.90 Å². The molecular weight excluding hydrogens is 262 g/mol. The third-order valence-corrected chi connectivity index (χ3v) is 4.86. The van der Waals surface area contributed by atoms with Crippen molar-refractivity contribution >= 4 is 0 Å². The summed E-state index contributed by atoms with van der Waals surface area (Å²) in [6.07, 6.45) is 6.32. The molecule has 0 aliphatic carbocycles. The highest BCUT2D eigenvalue weighted by molar-refractivity contribution is 4.99. The highest BCUT2D eigenvalue weighted by Gasteiger charge is 2.33. The highest BCUT2D eigenvalue weighted by Crippen LogP contribution is 2.32. The minimum absolute atomic E-state index is 0.0299. The largest absolute Gasteiger partial charge is 0.293 e. The molecule has 0 radical (unpaired) electrons. The molecule has 2 heterocycles. The number of aromatic nitrogens is 4. The summed E-state index contributed by atoms with van der Waals surface area (Å²) in [6, 6.07) is 0.323. The lowest BCUT2D eigenvalue weighted by Crippen LogP contribution is -2.38. The number of likely N-dealkylation sites (tertiary alicyclic amines) is 1. The number of nitrogens with zero attached hydrogens (tertiary/aromatic N) is 5. The van der Waals surface area contributed by atoms with E-state index in [1.807, 2.05) is 0 Å². The van der Waals surface area contributed by atoms with Crippen LogP contribution in [0, 0.1) is 5.92 Å². The Morgan fingerprint density at radius 3 is 2.24 bits per heavy atom. The van der Waals surface area contributed by atoms with Gasteiger partial charge in [-0.1, -0.05) is 33.6 Å². The van der Waals surface area contributed by atoms with Crippen molar-refractivity contribution in [1.29, 1.82) is 0 Å². The molecule has 1 aromatic rings. The first-order valence-corrected chi connectivity index (χ1v) is 8.50. The molecule has 0 unspecified atom stereocenters. The van der Waals surface area contributed by atoms with Crippen molar-refractivity contribution in [1.82, 2.24) is 25.1 Å². The topological polar surface area (TPSA) is 46.8 Å². The highest BCUT2D eigenvalue weighted by atomic mass is 15.6. The van der Waals surface area contributed by atoms with Crippen LogP contribution in [0.3, 0.4) is 0 Å². The van der Waals surface area contributed by atoms with Gasteiger partial charge in [-0.2, -0.15) is 0 Å². The van der Waals surface area contributed by atoms with E-state index in [-0.39, 0.29) is 5.54 Å². The van der Waals surface area contributed by atoms with Crippen LogP contribution >= 0.6 is 0 Å². The SMILES string of the molecule is CCC(C)(C)n1nnnc1[C@H](C(C)C)N1CCCCCC1. The van der Waals surface area contributed by atoms with Crippen LogP contribution in [0.5, 0.6) is 0 Å². The maximum absolute atomic E-state index is 4.42. The fourth-order valence-corrected chi connectivity index (χ4v) is 3.22. The molecule has 1 aliphatic rings. The molecule has 120 valence electrons. The first-order valence-electron chi connectivity index (χ1n) is 8.50. The van der Waals surface area contributed by atoms with Crippen LogP contribution in [0.1, 0.15) is 78.6 Å². The zero-order chi connectivity index (χ0) is 15.5. The van der Waals surface area contributed by atoms with E-state index in [9.17, 15) is 0 Å². The summed E-state index contributed by atoms with van der Waals surface area (Å²) >= 11 is 0. The van der Waals surface area contributed by atoms with Crippen LogP contribution in [0.4, 0.5) is 0 Å². The van der Waals surface area contributed by atoms with Crippen molar-refractivity contribution in [3.05, 3.63) is 5.82 Å². The second kappa shape index (κ2) is 6.86. The predicted molar refractivity (Wildman–Crippen MR) is 85.1 cm³/mol. The first-order chi connectivity index (χ1) is 9.97. The van der Waals surface area contributed by atoms with Crippen LogP contribution in [0.25, 0.3) is 0 Å². The van der Waals surface area contributed by atoms with E-state index in [2.05, 4.69) is 59.7 Å². The molecule has 0 saturated carbocycles. The normalized spacial score (nSPS) is 19.7. The van der Waals surface area contributed by atoms with Crippen molar-refractivity contribution in [3.8, 4) is 0 Å². The van der Waals surface area contributed by atoms with Gasteiger partial charge in [0, 0.05) is 0 Å². The fraction of sp³-hybridized carbons (Fsp3) is 0.938. The molecular formula is C16H31N5. The predicted octanol–water partition coefficient (Wildman–Crippen LogP) is 3.39. The quantitative estimate of drug-likeness (QED) is 0.835. The van der Waals surface area contributed by atoms with E-state index in [0.29, 0.717) is 12.0 Å². The lowest BCUT2D eigenvalue weighted by Gasteiger charge is -2.35. The van der Waals surface area contributed by atoms with Gasteiger partial charge in [0.15, 0.2) is 5.82 Å². The Morgan fingerprint density at radius 1 is 1.10 bits per heavy atom. The molecule has 0 spiro atoms. The van der Waals surface area contributed by atoms with Crippen molar-refractivity contribution in [2.45, 2.75) is 78.3 Å². The monoisotopic (exact) mass is 293 g/mol. The number of hydrogen-bond donors (Lipinski definition) is 0. The molecule has 0 bridgehead atoms. The summed E-state index contributed by atoms with van der Waals surface area (Å²) in [5, 5.41) is 12.7. The molecule has 1 atom stereocenters. The molecule has 2 rings (SSSR count). The van der Waals surface area contributed by atoms with E-state index < -0.39 is 0 Å². The average molecular weight is 293 g/mol. The summed E-state index contributed by atoms with van der Waals surface area (Å²) < 4.78 is 2.06. The smallest absolute Gasteiger partial charge is 0.169 e. The Bertz CT molecular complexity index is 430. The van der Waals surface area contributed by atoms with Crippen molar-refractivity contribution < 1.29 is 0 Å². The van der Waals surface area contributed by atoms with Crippen LogP contribution < -0.4 is 0 Å². The second-order valence-electron chi connectivity index (χ2n) is 7.25. The standard InChI is InChI=1S/C16H31N5/c1-6-16(4,5)21-15(17-18-19-21)14(13(2)3)20-11-9-7-8-10-12-20/h13-14H,6-12H2,1-5H3/t14-/m0/s1. The van der Waals surface area contributed by atoms with Gasteiger partial charge in [0.2, 0.25) is 0 Å². The summed E-state index contributed by atoms with van der Waals surface area (Å²) in [4.78, 5) is 2.60. The van der Waals surface area contributed by atoms with Crippen molar-refractivity contribution in [2.24, 2.45) is 5.92 Å². The Kier molecular flexibility index (Phi) is 5.36. The maximum Gasteiger partial charge on any atom is 0.169 e. The van der Waals surface area contributed by atoms with Gasteiger partial charge in [-0.05, 0) is 62.5 Å². The van der Waals surface area contributed by atoms with E-state index in [4.69, 9.17) is 0 Å². The first kappa shape index (κ1) is 16.4. The average Bonchev–Trinajstić information content (AvgIpc) is 2.76. The maximum atomic E-state index is 4.42. The lowest BCUT2D eigenvalue weighted by molar-refractivity contribution is 0.138. The molecule has 1 saturated heterocycles. The van der Waals surface area contributed by atoms with Gasteiger partial charge in [-0.15, -0.1) is 5.10 Å². The zero-order valence-corrected chi connectivity index (χ0v) is 14.3. The second-order valence-corrected chi connectivity index (χ2v) is 7.25. The van der Waals surface area contributed by atoms with Gasteiger partial charge >= 0.3 is 0 Å². The van der Waals surface area contributed by atoms with Gasteiger partial charge in [-0.25, -0.2) is 4.68 Å². The molecule has 21 heavy (non-hydrogen) atoms. The van der Waals surface area contributed by atoms with Crippen LogP contribution in [-0.4, -0.2) is 38.2 Å².